The molecule has 0 bridgehead atoms. The summed E-state index contributed by atoms with van der Waals surface area (Å²) in [5, 5.41) is 0. The molecule has 2 aromatic carbocycles. The van der Waals surface area contributed by atoms with Gasteiger partial charge in [-0.2, -0.15) is 0 Å². The van der Waals surface area contributed by atoms with Crippen LogP contribution in [0.5, 0.6) is 0 Å². The highest BCUT2D eigenvalue weighted by Crippen LogP contribution is 2.34. The third-order valence-corrected chi connectivity index (χ3v) is 4.81. The van der Waals surface area contributed by atoms with E-state index < -0.39 is 44.4 Å². The van der Waals surface area contributed by atoms with Crippen molar-refractivity contribution in [1.82, 2.24) is 9.97 Å². The van der Waals surface area contributed by atoms with E-state index in [2.05, 4.69) is 9.97 Å². The molecule has 0 unspecified atom stereocenters. The maximum atomic E-state index is 14.2. The summed E-state index contributed by atoms with van der Waals surface area (Å²) in [7, 11) is -3.83. The number of H-pyrrole nitrogens is 1. The van der Waals surface area contributed by atoms with Crippen LogP contribution in [0.4, 0.5) is 22.0 Å². The number of nitrogens with zero attached hydrogens (tertiary/aromatic N) is 1. The van der Waals surface area contributed by atoms with Gasteiger partial charge in [-0.1, -0.05) is 6.07 Å². The van der Waals surface area contributed by atoms with Gasteiger partial charge < -0.3 is 4.98 Å². The van der Waals surface area contributed by atoms with Gasteiger partial charge in [-0.25, -0.2) is 35.4 Å². The Bertz CT molecular complexity index is 1110. The number of alkyl halides is 2. The fourth-order valence-corrected chi connectivity index (χ4v) is 3.29. The van der Waals surface area contributed by atoms with Gasteiger partial charge in [0, 0.05) is 23.4 Å². The maximum Gasteiger partial charge on any atom is 0.295 e. The quantitative estimate of drug-likeness (QED) is 0.654. The standard InChI is InChI=1S/C17H11F5N2O2S/c1-27(25,26)13-3-2-8(6-12(13)20)14-15(24-17(23-14)16(21)22)9-4-10(18)7-11(19)5-9/h2-7,16H,1H3,(H,23,24). The fourth-order valence-electron chi connectivity index (χ4n) is 2.56. The molecule has 3 rings (SSSR count). The highest BCUT2D eigenvalue weighted by molar-refractivity contribution is 7.90. The molecule has 0 amide bonds. The molecule has 1 N–H and O–H groups in total. The summed E-state index contributed by atoms with van der Waals surface area (Å²) >= 11 is 0. The van der Waals surface area contributed by atoms with Crippen LogP contribution in [0.1, 0.15) is 12.2 Å². The van der Waals surface area contributed by atoms with Gasteiger partial charge >= 0.3 is 0 Å². The van der Waals surface area contributed by atoms with Crippen molar-refractivity contribution in [1.29, 1.82) is 0 Å². The lowest BCUT2D eigenvalue weighted by Crippen LogP contribution is -2.01. The molecule has 0 spiro atoms. The van der Waals surface area contributed by atoms with E-state index in [0.29, 0.717) is 6.07 Å². The van der Waals surface area contributed by atoms with E-state index in [-0.39, 0.29) is 22.5 Å². The lowest BCUT2D eigenvalue weighted by Gasteiger charge is -2.06. The van der Waals surface area contributed by atoms with Crippen LogP contribution in [-0.2, 0) is 9.84 Å². The van der Waals surface area contributed by atoms with E-state index in [1.807, 2.05) is 0 Å². The zero-order chi connectivity index (χ0) is 19.9. The van der Waals surface area contributed by atoms with Crippen LogP contribution in [0.25, 0.3) is 22.5 Å². The number of imidazole rings is 1. The zero-order valence-electron chi connectivity index (χ0n) is 13.6. The first-order chi connectivity index (χ1) is 12.6. The molecule has 0 radical (unpaired) electrons. The van der Waals surface area contributed by atoms with Gasteiger partial charge in [-0.3, -0.25) is 0 Å². The Kier molecular flexibility index (Phi) is 4.77. The predicted octanol–water partition coefficient (Wildman–Crippen LogP) is 4.50. The lowest BCUT2D eigenvalue weighted by atomic mass is 10.0. The molecular weight excluding hydrogens is 391 g/mol. The molecule has 0 fully saturated rings. The van der Waals surface area contributed by atoms with Gasteiger partial charge in [0.25, 0.3) is 6.43 Å². The summed E-state index contributed by atoms with van der Waals surface area (Å²) in [6, 6.07) is 5.35. The topological polar surface area (TPSA) is 62.8 Å². The monoisotopic (exact) mass is 402 g/mol. The Hall–Kier alpha value is -2.75. The van der Waals surface area contributed by atoms with Crippen molar-refractivity contribution in [2.24, 2.45) is 0 Å². The van der Waals surface area contributed by atoms with E-state index in [1.54, 1.807) is 0 Å². The maximum absolute atomic E-state index is 14.2. The highest BCUT2D eigenvalue weighted by Gasteiger charge is 2.22. The molecule has 0 saturated heterocycles. The third-order valence-electron chi connectivity index (χ3n) is 3.68. The van der Waals surface area contributed by atoms with Gasteiger partial charge in [-0.15, -0.1) is 0 Å². The summed E-state index contributed by atoms with van der Waals surface area (Å²) in [5.74, 6) is -3.77. The first kappa shape index (κ1) is 19.0. The van der Waals surface area contributed by atoms with Crippen LogP contribution >= 0.6 is 0 Å². The van der Waals surface area contributed by atoms with Crippen molar-refractivity contribution in [3.8, 4) is 22.5 Å². The number of halogens is 5. The van der Waals surface area contributed by atoms with Crippen LogP contribution < -0.4 is 0 Å². The molecule has 1 aromatic heterocycles. The Morgan fingerprint density at radius 2 is 1.59 bits per heavy atom. The van der Waals surface area contributed by atoms with E-state index in [1.165, 1.54) is 6.07 Å². The van der Waals surface area contributed by atoms with E-state index in [4.69, 9.17) is 0 Å². The molecule has 0 saturated carbocycles. The molecular formula is C17H11F5N2O2S. The molecule has 27 heavy (non-hydrogen) atoms. The number of hydrogen-bond acceptors (Lipinski definition) is 3. The predicted molar refractivity (Wildman–Crippen MR) is 87.4 cm³/mol. The van der Waals surface area contributed by atoms with E-state index in [9.17, 15) is 30.4 Å². The van der Waals surface area contributed by atoms with Crippen molar-refractivity contribution in [3.05, 3.63) is 59.7 Å². The van der Waals surface area contributed by atoms with E-state index in [0.717, 1.165) is 30.5 Å². The largest absolute Gasteiger partial charge is 0.337 e. The second kappa shape index (κ2) is 6.76. The molecule has 4 nitrogen and oxygen atoms in total. The zero-order valence-corrected chi connectivity index (χ0v) is 14.4. The third kappa shape index (κ3) is 3.85. The van der Waals surface area contributed by atoms with Crippen molar-refractivity contribution in [2.45, 2.75) is 11.3 Å². The summed E-state index contributed by atoms with van der Waals surface area (Å²) in [6.07, 6.45) is -2.20. The minimum absolute atomic E-state index is 0.0148. The first-order valence-electron chi connectivity index (χ1n) is 7.41. The summed E-state index contributed by atoms with van der Waals surface area (Å²) < 4.78 is 90.3. The normalized spacial score (nSPS) is 12.0. The van der Waals surface area contributed by atoms with Crippen molar-refractivity contribution in [2.75, 3.05) is 6.26 Å². The fraction of sp³-hybridized carbons (Fsp3) is 0.118. The molecule has 3 aromatic rings. The summed E-state index contributed by atoms with van der Waals surface area (Å²) in [4.78, 5) is 5.39. The average Bonchev–Trinajstić information content (AvgIpc) is 2.98. The van der Waals surface area contributed by atoms with Crippen molar-refractivity contribution < 1.29 is 30.4 Å². The molecule has 0 atom stereocenters. The summed E-state index contributed by atoms with van der Waals surface area (Å²) in [5.41, 5.74) is -0.512. The Labute approximate surface area is 150 Å². The van der Waals surface area contributed by atoms with Crippen LogP contribution in [0.15, 0.2) is 41.3 Å². The SMILES string of the molecule is CS(=O)(=O)c1ccc(-c2[nH]c(C(F)F)nc2-c2cc(F)cc(F)c2)cc1F. The van der Waals surface area contributed by atoms with E-state index >= 15 is 0 Å². The van der Waals surface area contributed by atoms with Crippen LogP contribution in [-0.4, -0.2) is 24.6 Å². The second-order valence-electron chi connectivity index (χ2n) is 5.72. The highest BCUT2D eigenvalue weighted by atomic mass is 32.2. The first-order valence-corrected chi connectivity index (χ1v) is 9.30. The van der Waals surface area contributed by atoms with Gasteiger partial charge in [0.05, 0.1) is 11.4 Å². The number of rotatable bonds is 4. The molecule has 0 aliphatic carbocycles. The van der Waals surface area contributed by atoms with Crippen LogP contribution in [0.3, 0.4) is 0 Å². The average molecular weight is 402 g/mol. The Morgan fingerprint density at radius 1 is 0.963 bits per heavy atom. The molecule has 0 aliphatic rings. The van der Waals surface area contributed by atoms with Gasteiger partial charge in [0.15, 0.2) is 15.7 Å². The Morgan fingerprint density at radius 3 is 2.11 bits per heavy atom. The molecule has 0 aliphatic heterocycles. The number of hydrogen-bond donors (Lipinski definition) is 1. The number of aromatic nitrogens is 2. The minimum atomic E-state index is -3.83. The minimum Gasteiger partial charge on any atom is -0.337 e. The molecule has 1 heterocycles. The van der Waals surface area contributed by atoms with Crippen molar-refractivity contribution >= 4 is 9.84 Å². The summed E-state index contributed by atoms with van der Waals surface area (Å²) in [6.45, 7) is 0. The lowest BCUT2D eigenvalue weighted by molar-refractivity contribution is 0.141. The number of nitrogens with one attached hydrogen (secondary N) is 1. The van der Waals surface area contributed by atoms with Crippen LogP contribution in [0, 0.1) is 17.5 Å². The van der Waals surface area contributed by atoms with Gasteiger partial charge in [0.1, 0.15) is 22.3 Å². The van der Waals surface area contributed by atoms with Gasteiger partial charge in [0.2, 0.25) is 0 Å². The Balaban J connectivity index is 2.22. The van der Waals surface area contributed by atoms with Crippen LogP contribution in [0.2, 0.25) is 0 Å². The number of sulfone groups is 1. The smallest absolute Gasteiger partial charge is 0.295 e. The number of aromatic amines is 1. The van der Waals surface area contributed by atoms with Crippen molar-refractivity contribution in [3.63, 3.8) is 0 Å². The van der Waals surface area contributed by atoms with Gasteiger partial charge in [-0.05, 0) is 24.3 Å². The molecule has 10 heteroatoms. The number of benzene rings is 2. The molecule has 142 valence electrons. The second-order valence-corrected chi connectivity index (χ2v) is 7.71.